The highest BCUT2D eigenvalue weighted by molar-refractivity contribution is 7.12. The van der Waals surface area contributed by atoms with Crippen molar-refractivity contribution in [2.24, 2.45) is 5.10 Å². The Kier molecular flexibility index (Phi) is 4.64. The smallest absolute Gasteiger partial charge is 0.266 e. The molecule has 0 radical (unpaired) electrons. The van der Waals surface area contributed by atoms with Crippen LogP contribution in [0.2, 0.25) is 0 Å². The molecule has 0 saturated heterocycles. The van der Waals surface area contributed by atoms with Crippen molar-refractivity contribution in [3.8, 4) is 0 Å². The Morgan fingerprint density at radius 2 is 2.00 bits per heavy atom. The van der Waals surface area contributed by atoms with E-state index < -0.39 is 0 Å². The summed E-state index contributed by atoms with van der Waals surface area (Å²) in [7, 11) is 0. The second-order valence-electron chi connectivity index (χ2n) is 3.98. The van der Waals surface area contributed by atoms with Gasteiger partial charge >= 0.3 is 0 Å². The van der Waals surface area contributed by atoms with E-state index in [2.05, 4.69) is 10.5 Å². The van der Waals surface area contributed by atoms with Crippen LogP contribution < -0.4 is 5.43 Å². The van der Waals surface area contributed by atoms with Gasteiger partial charge in [0.1, 0.15) is 0 Å². The highest BCUT2D eigenvalue weighted by Gasteiger charge is 2.03. The van der Waals surface area contributed by atoms with E-state index in [9.17, 15) is 4.79 Å². The lowest BCUT2D eigenvalue weighted by atomic mass is 10.1. The van der Waals surface area contributed by atoms with Gasteiger partial charge in [0.2, 0.25) is 0 Å². The van der Waals surface area contributed by atoms with E-state index in [0.29, 0.717) is 4.88 Å². The largest absolute Gasteiger partial charge is 0.281 e. The van der Waals surface area contributed by atoms with Crippen molar-refractivity contribution in [2.45, 2.75) is 6.92 Å². The summed E-state index contributed by atoms with van der Waals surface area (Å²) in [6.07, 6.45) is 3.64. The first-order valence-electron chi connectivity index (χ1n) is 5.86. The van der Waals surface area contributed by atoms with Gasteiger partial charge < -0.3 is 0 Å². The summed E-state index contributed by atoms with van der Waals surface area (Å²) in [5.74, 6) is -0.182. The number of hydrogen-bond acceptors (Lipinski definition) is 3. The van der Waals surface area contributed by atoms with Crippen LogP contribution in [0.3, 0.4) is 0 Å². The van der Waals surface area contributed by atoms with Crippen LogP contribution >= 0.6 is 11.3 Å². The number of thiophene rings is 1. The molecule has 0 aliphatic heterocycles. The maximum atomic E-state index is 11.6. The minimum atomic E-state index is -0.182. The second kappa shape index (κ2) is 6.66. The number of hydrogen-bond donors (Lipinski definition) is 1. The van der Waals surface area contributed by atoms with Crippen LogP contribution in [0.25, 0.3) is 6.08 Å². The zero-order valence-electron chi connectivity index (χ0n) is 10.5. The zero-order chi connectivity index (χ0) is 13.5. The van der Waals surface area contributed by atoms with Crippen molar-refractivity contribution in [1.82, 2.24) is 5.43 Å². The Morgan fingerprint density at radius 3 is 2.68 bits per heavy atom. The van der Waals surface area contributed by atoms with Crippen LogP contribution in [0.1, 0.15) is 22.2 Å². The first kappa shape index (κ1) is 13.2. The lowest BCUT2D eigenvalue weighted by Crippen LogP contribution is -2.16. The molecule has 2 rings (SSSR count). The number of nitrogens with zero attached hydrogens (tertiary/aromatic N) is 1. The molecule has 0 bridgehead atoms. The van der Waals surface area contributed by atoms with Crippen molar-refractivity contribution in [3.05, 3.63) is 63.9 Å². The van der Waals surface area contributed by atoms with Crippen LogP contribution in [-0.2, 0) is 0 Å². The Balaban J connectivity index is 1.92. The fraction of sp³-hybridized carbons (Fsp3) is 0.0667. The van der Waals surface area contributed by atoms with Crippen LogP contribution in [0.4, 0.5) is 0 Å². The van der Waals surface area contributed by atoms with Crippen LogP contribution in [-0.4, -0.2) is 12.1 Å². The standard InChI is InChI=1S/C15H14N2OS/c1-12(10-13-6-3-2-4-7-13)11-16-17-15(18)14-8-5-9-19-14/h2-11H,1H3,(H,17,18). The highest BCUT2D eigenvalue weighted by atomic mass is 32.1. The Bertz CT molecular complexity index is 586. The molecule has 0 aliphatic rings. The van der Waals surface area contributed by atoms with Gasteiger partial charge in [-0.25, -0.2) is 5.43 Å². The molecule has 1 N–H and O–H groups in total. The molecule has 1 heterocycles. The Labute approximate surface area is 116 Å². The quantitative estimate of drug-likeness (QED) is 0.669. The number of nitrogens with one attached hydrogen (secondary N) is 1. The maximum Gasteiger partial charge on any atom is 0.281 e. The molecule has 96 valence electrons. The third kappa shape index (κ3) is 4.19. The van der Waals surface area contributed by atoms with E-state index in [1.54, 1.807) is 12.3 Å². The normalized spacial score (nSPS) is 11.7. The van der Waals surface area contributed by atoms with Crippen molar-refractivity contribution >= 4 is 29.5 Å². The summed E-state index contributed by atoms with van der Waals surface area (Å²) in [5, 5.41) is 5.80. The summed E-state index contributed by atoms with van der Waals surface area (Å²) in [5.41, 5.74) is 4.58. The lowest BCUT2D eigenvalue weighted by Gasteiger charge is -1.96. The number of benzene rings is 1. The molecule has 1 aromatic heterocycles. The molecule has 0 spiro atoms. The molecular formula is C15H14N2OS. The van der Waals surface area contributed by atoms with Gasteiger partial charge in [0.25, 0.3) is 5.91 Å². The Hall–Kier alpha value is -2.20. The first-order chi connectivity index (χ1) is 9.25. The minimum absolute atomic E-state index is 0.182. The van der Waals surface area contributed by atoms with E-state index in [4.69, 9.17) is 0 Å². The number of carbonyl (C=O) groups is 1. The highest BCUT2D eigenvalue weighted by Crippen LogP contribution is 2.07. The monoisotopic (exact) mass is 270 g/mol. The second-order valence-corrected chi connectivity index (χ2v) is 4.92. The molecule has 0 saturated carbocycles. The third-order valence-electron chi connectivity index (χ3n) is 2.37. The van der Waals surface area contributed by atoms with Gasteiger partial charge in [-0.1, -0.05) is 42.5 Å². The molecule has 0 aliphatic carbocycles. The number of allylic oxidation sites excluding steroid dienone is 1. The van der Waals surface area contributed by atoms with Gasteiger partial charge in [0.15, 0.2) is 0 Å². The van der Waals surface area contributed by atoms with Gasteiger partial charge in [-0.15, -0.1) is 11.3 Å². The molecule has 1 amide bonds. The van der Waals surface area contributed by atoms with Crippen LogP contribution in [0.15, 0.2) is 58.5 Å². The number of carbonyl (C=O) groups excluding carboxylic acids is 1. The average Bonchev–Trinajstić information content (AvgIpc) is 2.93. The fourth-order valence-electron chi connectivity index (χ4n) is 1.50. The Morgan fingerprint density at radius 1 is 1.21 bits per heavy atom. The average molecular weight is 270 g/mol. The topological polar surface area (TPSA) is 41.5 Å². The first-order valence-corrected chi connectivity index (χ1v) is 6.74. The molecule has 0 fully saturated rings. The maximum absolute atomic E-state index is 11.6. The summed E-state index contributed by atoms with van der Waals surface area (Å²) >= 11 is 1.39. The van der Waals surface area contributed by atoms with E-state index in [0.717, 1.165) is 11.1 Å². The number of hydrazone groups is 1. The molecule has 19 heavy (non-hydrogen) atoms. The zero-order valence-corrected chi connectivity index (χ0v) is 11.4. The van der Waals surface area contributed by atoms with Crippen molar-refractivity contribution in [2.75, 3.05) is 0 Å². The van der Waals surface area contributed by atoms with Gasteiger partial charge in [0.05, 0.1) is 11.1 Å². The molecule has 4 heteroatoms. The SMILES string of the molecule is CC(C=NNC(=O)c1cccs1)=Cc1ccccc1. The molecule has 0 atom stereocenters. The predicted molar refractivity (Wildman–Crippen MR) is 80.4 cm³/mol. The van der Waals surface area contributed by atoms with Crippen molar-refractivity contribution in [3.63, 3.8) is 0 Å². The van der Waals surface area contributed by atoms with Crippen molar-refractivity contribution < 1.29 is 4.79 Å². The molecule has 1 aromatic carbocycles. The molecular weight excluding hydrogens is 256 g/mol. The summed E-state index contributed by atoms with van der Waals surface area (Å²) in [4.78, 5) is 12.3. The van der Waals surface area contributed by atoms with E-state index in [1.165, 1.54) is 11.3 Å². The minimum Gasteiger partial charge on any atom is -0.266 e. The van der Waals surface area contributed by atoms with Gasteiger partial charge in [0, 0.05) is 0 Å². The lowest BCUT2D eigenvalue weighted by molar-refractivity contribution is 0.0959. The molecule has 3 nitrogen and oxygen atoms in total. The van der Waals surface area contributed by atoms with Gasteiger partial charge in [-0.05, 0) is 29.5 Å². The van der Waals surface area contributed by atoms with Crippen molar-refractivity contribution in [1.29, 1.82) is 0 Å². The third-order valence-corrected chi connectivity index (χ3v) is 3.24. The summed E-state index contributed by atoms with van der Waals surface area (Å²) in [6.45, 7) is 1.94. The van der Waals surface area contributed by atoms with Gasteiger partial charge in [-0.3, -0.25) is 4.79 Å². The van der Waals surface area contributed by atoms with E-state index in [-0.39, 0.29) is 5.91 Å². The summed E-state index contributed by atoms with van der Waals surface area (Å²) < 4.78 is 0. The van der Waals surface area contributed by atoms with E-state index >= 15 is 0 Å². The predicted octanol–water partition coefficient (Wildman–Crippen LogP) is 3.57. The fourth-order valence-corrected chi connectivity index (χ4v) is 2.12. The van der Waals surface area contributed by atoms with Crippen LogP contribution in [0.5, 0.6) is 0 Å². The number of rotatable bonds is 4. The molecule has 2 aromatic rings. The van der Waals surface area contributed by atoms with E-state index in [1.807, 2.05) is 54.8 Å². The summed E-state index contributed by atoms with van der Waals surface area (Å²) in [6, 6.07) is 13.6. The van der Waals surface area contributed by atoms with Gasteiger partial charge in [-0.2, -0.15) is 5.10 Å². The molecule has 0 unspecified atom stereocenters. The van der Waals surface area contributed by atoms with Crippen LogP contribution in [0, 0.1) is 0 Å². The number of amides is 1.